The van der Waals surface area contributed by atoms with E-state index in [9.17, 15) is 9.59 Å². The molecule has 0 aliphatic heterocycles. The third-order valence-corrected chi connectivity index (χ3v) is 4.82. The van der Waals surface area contributed by atoms with Crippen LogP contribution < -0.4 is 0 Å². The maximum atomic E-state index is 11.9. The van der Waals surface area contributed by atoms with Gasteiger partial charge in [0.25, 0.3) is 0 Å². The summed E-state index contributed by atoms with van der Waals surface area (Å²) in [4.78, 5) is 22.8. The third kappa shape index (κ3) is 1.90. The monoisotopic (exact) mass is 284 g/mol. The van der Waals surface area contributed by atoms with E-state index in [1.807, 2.05) is 6.92 Å². The van der Waals surface area contributed by atoms with Crippen molar-refractivity contribution in [2.45, 2.75) is 44.4 Å². The normalized spacial score (nSPS) is 37.5. The lowest BCUT2D eigenvalue weighted by Gasteiger charge is -2.31. The van der Waals surface area contributed by atoms with Crippen molar-refractivity contribution in [2.75, 3.05) is 0 Å². The predicted molar refractivity (Wildman–Crippen MR) is 66.6 cm³/mol. The minimum Gasteiger partial charge on any atom is -0.302 e. The quantitative estimate of drug-likeness (QED) is 0.577. The standard InChI is InChI=1S/C13H17BrO2/c1-8-9(10-5-13(10,14)7-15)4-12(2,3)6-11(8)16/h7,10H,4-6H2,1-3H3/t10-,13+/m0/s1. The number of Topliss-reactive ketones (excluding diaryl/α,β-unsaturated/α-hetero) is 1. The Kier molecular flexibility index (Phi) is 2.65. The minimum atomic E-state index is -0.378. The summed E-state index contributed by atoms with van der Waals surface area (Å²) in [7, 11) is 0. The average molecular weight is 285 g/mol. The van der Waals surface area contributed by atoms with Gasteiger partial charge in [-0.15, -0.1) is 0 Å². The molecular formula is C13H17BrO2. The Hall–Kier alpha value is -0.440. The molecule has 0 heterocycles. The van der Waals surface area contributed by atoms with Crippen molar-refractivity contribution in [1.29, 1.82) is 0 Å². The summed E-state index contributed by atoms with van der Waals surface area (Å²) in [6.45, 7) is 6.15. The number of allylic oxidation sites excluding steroid dienone is 2. The molecule has 2 aliphatic rings. The summed E-state index contributed by atoms with van der Waals surface area (Å²) in [5.74, 6) is 0.493. The van der Waals surface area contributed by atoms with Crippen LogP contribution in [-0.4, -0.2) is 16.4 Å². The zero-order chi connectivity index (χ0) is 12.1. The lowest BCUT2D eigenvalue weighted by molar-refractivity contribution is -0.118. The van der Waals surface area contributed by atoms with E-state index in [0.29, 0.717) is 6.42 Å². The van der Waals surface area contributed by atoms with E-state index in [1.165, 1.54) is 5.57 Å². The predicted octanol–water partition coefficient (Wildman–Crippen LogP) is 3.04. The van der Waals surface area contributed by atoms with Crippen LogP contribution in [0.25, 0.3) is 0 Å². The van der Waals surface area contributed by atoms with E-state index in [4.69, 9.17) is 0 Å². The molecule has 2 rings (SSSR count). The molecule has 0 spiro atoms. The fourth-order valence-electron chi connectivity index (χ4n) is 2.64. The van der Waals surface area contributed by atoms with Gasteiger partial charge in [-0.2, -0.15) is 0 Å². The third-order valence-electron chi connectivity index (χ3n) is 3.76. The number of carbonyl (C=O) groups is 2. The van der Waals surface area contributed by atoms with E-state index in [2.05, 4.69) is 29.8 Å². The minimum absolute atomic E-state index is 0.0469. The van der Waals surface area contributed by atoms with Crippen LogP contribution in [0.15, 0.2) is 11.1 Å². The number of rotatable bonds is 2. The van der Waals surface area contributed by atoms with Gasteiger partial charge in [0.1, 0.15) is 6.29 Å². The maximum absolute atomic E-state index is 11.9. The second-order valence-corrected chi connectivity index (χ2v) is 7.37. The number of alkyl halides is 1. The number of aldehydes is 1. The molecule has 2 atom stereocenters. The van der Waals surface area contributed by atoms with Crippen LogP contribution in [-0.2, 0) is 9.59 Å². The number of carbonyl (C=O) groups excluding carboxylic acids is 2. The van der Waals surface area contributed by atoms with Gasteiger partial charge < -0.3 is 4.79 Å². The van der Waals surface area contributed by atoms with Crippen LogP contribution in [0.3, 0.4) is 0 Å². The molecule has 2 nitrogen and oxygen atoms in total. The molecule has 0 radical (unpaired) electrons. The van der Waals surface area contributed by atoms with Gasteiger partial charge >= 0.3 is 0 Å². The second-order valence-electron chi connectivity index (χ2n) is 5.89. The first-order chi connectivity index (χ1) is 7.29. The topological polar surface area (TPSA) is 34.1 Å². The fourth-order valence-corrected chi connectivity index (χ4v) is 3.24. The summed E-state index contributed by atoms with van der Waals surface area (Å²) in [6.07, 6.45) is 3.39. The molecule has 16 heavy (non-hydrogen) atoms. The average Bonchev–Trinajstić information content (AvgIpc) is 2.85. The van der Waals surface area contributed by atoms with Crippen LogP contribution in [0.1, 0.15) is 40.0 Å². The highest BCUT2D eigenvalue weighted by Gasteiger charge is 2.56. The molecule has 0 aromatic heterocycles. The first-order valence-electron chi connectivity index (χ1n) is 5.67. The zero-order valence-corrected chi connectivity index (χ0v) is 11.6. The Morgan fingerprint density at radius 3 is 2.50 bits per heavy atom. The Balaban J connectivity index is 2.30. The van der Waals surface area contributed by atoms with Gasteiger partial charge in [-0.25, -0.2) is 0 Å². The molecule has 0 aromatic carbocycles. The molecule has 0 N–H and O–H groups in total. The van der Waals surface area contributed by atoms with Crippen molar-refractivity contribution in [2.24, 2.45) is 11.3 Å². The molecule has 2 aliphatic carbocycles. The van der Waals surface area contributed by atoms with Gasteiger partial charge in [0.15, 0.2) is 5.78 Å². The van der Waals surface area contributed by atoms with Crippen LogP contribution in [0, 0.1) is 11.3 Å². The number of ketones is 1. The number of hydrogen-bond donors (Lipinski definition) is 0. The Labute approximate surface area is 105 Å². The van der Waals surface area contributed by atoms with Crippen LogP contribution >= 0.6 is 15.9 Å². The first kappa shape index (κ1) is 12.0. The van der Waals surface area contributed by atoms with Gasteiger partial charge in [0, 0.05) is 12.3 Å². The highest BCUT2D eigenvalue weighted by Crippen LogP contribution is 2.57. The van der Waals surface area contributed by atoms with Gasteiger partial charge in [-0.1, -0.05) is 35.4 Å². The molecule has 1 saturated carbocycles. The molecule has 0 amide bonds. The van der Waals surface area contributed by atoms with Gasteiger partial charge in [-0.05, 0) is 30.8 Å². The summed E-state index contributed by atoms with van der Waals surface area (Å²) in [5.41, 5.74) is 2.14. The molecule has 3 heteroatoms. The zero-order valence-electron chi connectivity index (χ0n) is 9.97. The van der Waals surface area contributed by atoms with Crippen LogP contribution in [0.4, 0.5) is 0 Å². The number of halogens is 1. The Bertz CT molecular complexity index is 395. The van der Waals surface area contributed by atoms with Gasteiger partial charge in [-0.3, -0.25) is 4.79 Å². The van der Waals surface area contributed by atoms with E-state index in [0.717, 1.165) is 24.7 Å². The smallest absolute Gasteiger partial charge is 0.159 e. The molecule has 0 aromatic rings. The van der Waals surface area contributed by atoms with Crippen molar-refractivity contribution in [3.8, 4) is 0 Å². The summed E-state index contributed by atoms with van der Waals surface area (Å²) >= 11 is 3.46. The van der Waals surface area contributed by atoms with Crippen molar-refractivity contribution in [3.05, 3.63) is 11.1 Å². The Morgan fingerprint density at radius 2 is 2.00 bits per heavy atom. The van der Waals surface area contributed by atoms with Gasteiger partial charge in [0.2, 0.25) is 0 Å². The summed E-state index contributed by atoms with van der Waals surface area (Å²) in [5, 5.41) is 0. The lowest BCUT2D eigenvalue weighted by atomic mass is 9.72. The molecule has 0 bridgehead atoms. The Morgan fingerprint density at radius 1 is 1.38 bits per heavy atom. The largest absolute Gasteiger partial charge is 0.302 e. The summed E-state index contributed by atoms with van der Waals surface area (Å²) in [6, 6.07) is 0. The van der Waals surface area contributed by atoms with Crippen LogP contribution in [0.5, 0.6) is 0 Å². The molecule has 0 saturated heterocycles. The molecular weight excluding hydrogens is 268 g/mol. The highest BCUT2D eigenvalue weighted by atomic mass is 79.9. The van der Waals surface area contributed by atoms with Crippen molar-refractivity contribution < 1.29 is 9.59 Å². The van der Waals surface area contributed by atoms with E-state index in [-0.39, 0.29) is 21.4 Å². The number of hydrogen-bond acceptors (Lipinski definition) is 2. The second kappa shape index (κ2) is 3.52. The first-order valence-corrected chi connectivity index (χ1v) is 6.46. The maximum Gasteiger partial charge on any atom is 0.159 e. The molecule has 0 unspecified atom stereocenters. The van der Waals surface area contributed by atoms with Crippen molar-refractivity contribution >= 4 is 28.0 Å². The highest BCUT2D eigenvalue weighted by molar-refractivity contribution is 9.10. The fraction of sp³-hybridized carbons (Fsp3) is 0.692. The summed E-state index contributed by atoms with van der Waals surface area (Å²) < 4.78 is -0.378. The SMILES string of the molecule is CC1=C([C@@H]2C[C@@]2(Br)C=O)CC(C)(C)CC1=O. The van der Waals surface area contributed by atoms with E-state index in [1.54, 1.807) is 0 Å². The van der Waals surface area contributed by atoms with E-state index >= 15 is 0 Å². The van der Waals surface area contributed by atoms with Crippen LogP contribution in [0.2, 0.25) is 0 Å². The van der Waals surface area contributed by atoms with Crippen molar-refractivity contribution in [3.63, 3.8) is 0 Å². The molecule has 88 valence electrons. The van der Waals surface area contributed by atoms with Crippen molar-refractivity contribution in [1.82, 2.24) is 0 Å². The van der Waals surface area contributed by atoms with Gasteiger partial charge in [0.05, 0.1) is 4.32 Å². The molecule has 1 fully saturated rings. The van der Waals surface area contributed by atoms with E-state index < -0.39 is 0 Å². The lowest BCUT2D eigenvalue weighted by Crippen LogP contribution is -2.26.